The van der Waals surface area contributed by atoms with E-state index in [2.05, 4.69) is 27.5 Å². The second-order valence-corrected chi connectivity index (χ2v) is 5.85. The Hall–Kier alpha value is -1.89. The number of guanidine groups is 1. The van der Waals surface area contributed by atoms with Crippen LogP contribution in [0.2, 0.25) is 0 Å². The van der Waals surface area contributed by atoms with Gasteiger partial charge in [-0.15, -0.1) is 0 Å². The summed E-state index contributed by atoms with van der Waals surface area (Å²) in [5, 5.41) is 6.62. The topological polar surface area (TPSA) is 61.8 Å². The van der Waals surface area contributed by atoms with E-state index in [1.165, 1.54) is 6.07 Å². The molecule has 2 heterocycles. The van der Waals surface area contributed by atoms with Crippen LogP contribution in [0.4, 0.5) is 10.2 Å². The van der Waals surface area contributed by atoms with E-state index in [9.17, 15) is 4.39 Å². The molecule has 1 aromatic rings. The van der Waals surface area contributed by atoms with Crippen molar-refractivity contribution in [3.8, 4) is 0 Å². The minimum Gasteiger partial charge on any atom is -0.380 e. The Kier molecular flexibility index (Phi) is 7.74. The molecule has 1 atom stereocenters. The highest BCUT2D eigenvalue weighted by molar-refractivity contribution is 5.80. The molecule has 0 aliphatic carbocycles. The Morgan fingerprint density at radius 1 is 1.50 bits per heavy atom. The van der Waals surface area contributed by atoms with Crippen molar-refractivity contribution < 1.29 is 9.13 Å². The number of unbranched alkanes of at least 4 members (excludes halogenated alkanes) is 1. The zero-order chi connectivity index (χ0) is 17.2. The van der Waals surface area contributed by atoms with E-state index in [1.54, 1.807) is 19.3 Å². The number of nitrogens with one attached hydrogen (secondary N) is 2. The number of halogens is 1. The lowest BCUT2D eigenvalue weighted by molar-refractivity contribution is 0.136. The summed E-state index contributed by atoms with van der Waals surface area (Å²) in [6.07, 6.45) is 4.78. The van der Waals surface area contributed by atoms with Gasteiger partial charge in [0.15, 0.2) is 17.6 Å². The van der Waals surface area contributed by atoms with Crippen LogP contribution in [-0.4, -0.2) is 56.9 Å². The van der Waals surface area contributed by atoms with Crippen LogP contribution in [-0.2, 0) is 4.74 Å². The highest BCUT2D eigenvalue weighted by Crippen LogP contribution is 2.20. The Balaban J connectivity index is 1.72. The number of nitrogens with zero attached hydrogens (tertiary/aromatic N) is 3. The van der Waals surface area contributed by atoms with Crippen LogP contribution in [0.25, 0.3) is 0 Å². The van der Waals surface area contributed by atoms with Gasteiger partial charge < -0.3 is 20.3 Å². The number of hydrogen-bond donors (Lipinski definition) is 2. The standard InChI is InChI=1S/C17H28FN5O/c1-3-4-11-24-12-9-21-17(19-2)22-14-7-10-23(13-14)16-15(18)6-5-8-20-16/h5-6,8,14H,3-4,7,9-13H2,1-2H3,(H2,19,21,22). The Morgan fingerprint density at radius 2 is 2.38 bits per heavy atom. The predicted octanol–water partition coefficient (Wildman–Crippen LogP) is 1.78. The van der Waals surface area contributed by atoms with Gasteiger partial charge in [0.05, 0.1) is 6.61 Å². The molecule has 0 amide bonds. The van der Waals surface area contributed by atoms with E-state index < -0.39 is 0 Å². The second kappa shape index (κ2) is 10.1. The smallest absolute Gasteiger partial charge is 0.191 e. The van der Waals surface area contributed by atoms with Crippen LogP contribution in [0.3, 0.4) is 0 Å². The Morgan fingerprint density at radius 3 is 3.12 bits per heavy atom. The van der Waals surface area contributed by atoms with E-state index in [-0.39, 0.29) is 11.9 Å². The number of anilines is 1. The van der Waals surface area contributed by atoms with Gasteiger partial charge >= 0.3 is 0 Å². The molecule has 6 nitrogen and oxygen atoms in total. The van der Waals surface area contributed by atoms with Gasteiger partial charge in [0.2, 0.25) is 0 Å². The minimum atomic E-state index is -0.273. The zero-order valence-electron chi connectivity index (χ0n) is 14.6. The summed E-state index contributed by atoms with van der Waals surface area (Å²) < 4.78 is 19.3. The van der Waals surface area contributed by atoms with Crippen molar-refractivity contribution in [2.45, 2.75) is 32.2 Å². The van der Waals surface area contributed by atoms with E-state index in [4.69, 9.17) is 4.74 Å². The number of ether oxygens (including phenoxy) is 1. The highest BCUT2D eigenvalue weighted by Gasteiger charge is 2.25. The molecule has 2 N–H and O–H groups in total. The molecule has 0 aromatic carbocycles. The summed E-state index contributed by atoms with van der Waals surface area (Å²) in [5.74, 6) is 0.904. The maximum Gasteiger partial charge on any atom is 0.191 e. The van der Waals surface area contributed by atoms with Gasteiger partial charge in [-0.1, -0.05) is 13.3 Å². The number of aliphatic imine (C=N–C) groups is 1. The van der Waals surface area contributed by atoms with E-state index in [0.29, 0.717) is 25.5 Å². The van der Waals surface area contributed by atoms with Gasteiger partial charge in [-0.25, -0.2) is 9.37 Å². The third-order valence-corrected chi connectivity index (χ3v) is 3.97. The molecule has 7 heteroatoms. The first-order valence-electron chi connectivity index (χ1n) is 8.65. The van der Waals surface area contributed by atoms with Gasteiger partial charge in [0.1, 0.15) is 0 Å². The van der Waals surface area contributed by atoms with E-state index in [1.807, 2.05) is 4.90 Å². The van der Waals surface area contributed by atoms with Crippen molar-refractivity contribution in [3.05, 3.63) is 24.1 Å². The van der Waals surface area contributed by atoms with Crippen LogP contribution >= 0.6 is 0 Å². The zero-order valence-corrected chi connectivity index (χ0v) is 14.6. The van der Waals surface area contributed by atoms with Crippen molar-refractivity contribution in [2.75, 3.05) is 44.8 Å². The van der Waals surface area contributed by atoms with Gasteiger partial charge in [-0.05, 0) is 25.0 Å². The predicted molar refractivity (Wildman–Crippen MR) is 95.0 cm³/mol. The van der Waals surface area contributed by atoms with Crippen molar-refractivity contribution >= 4 is 11.8 Å². The van der Waals surface area contributed by atoms with Crippen LogP contribution < -0.4 is 15.5 Å². The summed E-state index contributed by atoms with van der Waals surface area (Å²) in [4.78, 5) is 10.3. The molecule has 1 unspecified atom stereocenters. The molecule has 0 saturated carbocycles. The summed E-state index contributed by atoms with van der Waals surface area (Å²) in [6.45, 7) is 5.82. The number of hydrogen-bond acceptors (Lipinski definition) is 4. The van der Waals surface area contributed by atoms with Crippen molar-refractivity contribution in [3.63, 3.8) is 0 Å². The first-order chi connectivity index (χ1) is 11.7. The quantitative estimate of drug-likeness (QED) is 0.430. The van der Waals surface area contributed by atoms with E-state index in [0.717, 1.165) is 38.4 Å². The molecule has 1 aliphatic rings. The molecule has 1 fully saturated rings. The molecule has 1 aromatic heterocycles. The summed E-state index contributed by atoms with van der Waals surface area (Å²) in [5.41, 5.74) is 0. The van der Waals surface area contributed by atoms with Gasteiger partial charge in [-0.2, -0.15) is 0 Å². The van der Waals surface area contributed by atoms with Crippen LogP contribution in [0.1, 0.15) is 26.2 Å². The molecule has 1 aliphatic heterocycles. The number of aromatic nitrogens is 1. The average molecular weight is 337 g/mol. The van der Waals surface area contributed by atoms with Crippen molar-refractivity contribution in [1.82, 2.24) is 15.6 Å². The lowest BCUT2D eigenvalue weighted by Crippen LogP contribution is -2.45. The normalized spacial score (nSPS) is 18.0. The summed E-state index contributed by atoms with van der Waals surface area (Å²) in [7, 11) is 1.75. The van der Waals surface area contributed by atoms with Crippen molar-refractivity contribution in [2.24, 2.45) is 4.99 Å². The monoisotopic (exact) mass is 337 g/mol. The molecule has 2 rings (SSSR count). The fourth-order valence-corrected chi connectivity index (χ4v) is 2.66. The molecule has 134 valence electrons. The largest absolute Gasteiger partial charge is 0.380 e. The fraction of sp³-hybridized carbons (Fsp3) is 0.647. The van der Waals surface area contributed by atoms with Gasteiger partial charge in [-0.3, -0.25) is 4.99 Å². The van der Waals surface area contributed by atoms with E-state index >= 15 is 0 Å². The average Bonchev–Trinajstić information content (AvgIpc) is 3.05. The Bertz CT molecular complexity index is 525. The SMILES string of the molecule is CCCCOCCNC(=NC)NC1CCN(c2ncccc2F)C1. The number of rotatable bonds is 8. The second-order valence-electron chi connectivity index (χ2n) is 5.85. The molecule has 0 radical (unpaired) electrons. The molecule has 0 bridgehead atoms. The summed E-state index contributed by atoms with van der Waals surface area (Å²) >= 11 is 0. The molecule has 1 saturated heterocycles. The number of pyridine rings is 1. The maximum atomic E-state index is 13.8. The fourth-order valence-electron chi connectivity index (χ4n) is 2.66. The molecule has 24 heavy (non-hydrogen) atoms. The van der Waals surface area contributed by atoms with Crippen LogP contribution in [0, 0.1) is 5.82 Å². The highest BCUT2D eigenvalue weighted by atomic mass is 19.1. The van der Waals surface area contributed by atoms with Crippen molar-refractivity contribution in [1.29, 1.82) is 0 Å². The molecular formula is C17H28FN5O. The molecular weight excluding hydrogens is 309 g/mol. The first-order valence-corrected chi connectivity index (χ1v) is 8.65. The Labute approximate surface area is 143 Å². The maximum absolute atomic E-state index is 13.8. The third kappa shape index (κ3) is 5.63. The van der Waals surface area contributed by atoms with Gasteiger partial charge in [0.25, 0.3) is 0 Å². The lowest BCUT2D eigenvalue weighted by Gasteiger charge is -2.20. The van der Waals surface area contributed by atoms with Gasteiger partial charge in [0, 0.05) is 45.5 Å². The van der Waals surface area contributed by atoms with Crippen LogP contribution in [0.15, 0.2) is 23.3 Å². The third-order valence-electron chi connectivity index (χ3n) is 3.97. The molecule has 0 spiro atoms. The van der Waals surface area contributed by atoms with Crippen LogP contribution in [0.5, 0.6) is 0 Å². The summed E-state index contributed by atoms with van der Waals surface area (Å²) in [6, 6.07) is 3.28. The minimum absolute atomic E-state index is 0.221. The first kappa shape index (κ1) is 18.4. The lowest BCUT2D eigenvalue weighted by atomic mass is 10.3.